The number of hydrogen-bond acceptors (Lipinski definition) is 3. The lowest BCUT2D eigenvalue weighted by atomic mass is 10.2. The molecule has 216 valence electrons. The molecule has 3 nitrogen and oxygen atoms in total. The van der Waals surface area contributed by atoms with Crippen LogP contribution in [0, 0.1) is 35.5 Å². The molecule has 0 unspecified atom stereocenters. The molecule has 0 bridgehead atoms. The van der Waals surface area contributed by atoms with Crippen LogP contribution in [0.15, 0.2) is 72.8 Å². The molecule has 0 aliphatic heterocycles. The molecule has 0 spiro atoms. The van der Waals surface area contributed by atoms with E-state index in [4.69, 9.17) is 4.43 Å². The maximum Gasteiger partial charge on any atom is 0.305 e. The maximum absolute atomic E-state index is 11.2. The molecule has 0 aromatic heterocycles. The van der Waals surface area contributed by atoms with Gasteiger partial charge in [0, 0.05) is 25.7 Å². The van der Waals surface area contributed by atoms with Crippen LogP contribution < -0.4 is 10.4 Å². The van der Waals surface area contributed by atoms with Gasteiger partial charge in [0.1, 0.15) is 0 Å². The van der Waals surface area contributed by atoms with Crippen LogP contribution in [0.25, 0.3) is 0 Å². The number of esters is 1. The molecule has 0 fully saturated rings. The Labute approximate surface area is 250 Å². The number of benzene rings is 2. The Hall–Kier alpha value is -3.49. The van der Waals surface area contributed by atoms with Gasteiger partial charge in [0.2, 0.25) is 0 Å². The monoisotopic (exact) mass is 566 g/mol. The Morgan fingerprint density at radius 3 is 2.05 bits per heavy atom. The van der Waals surface area contributed by atoms with Gasteiger partial charge in [-0.3, -0.25) is 4.79 Å². The van der Waals surface area contributed by atoms with Gasteiger partial charge in [0.25, 0.3) is 8.32 Å². The molecule has 0 amide bonds. The van der Waals surface area contributed by atoms with E-state index in [9.17, 15) is 4.79 Å². The predicted octanol–water partition coefficient (Wildman–Crippen LogP) is 7.20. The van der Waals surface area contributed by atoms with Crippen molar-refractivity contribution in [2.24, 2.45) is 0 Å². The van der Waals surface area contributed by atoms with Crippen molar-refractivity contribution in [3.05, 3.63) is 72.8 Å². The van der Waals surface area contributed by atoms with Crippen LogP contribution in [0.1, 0.15) is 85.5 Å². The number of allylic oxidation sites excluding steroid dienone is 1. The van der Waals surface area contributed by atoms with Crippen LogP contribution in [0.4, 0.5) is 0 Å². The fourth-order valence-corrected chi connectivity index (χ4v) is 9.31. The van der Waals surface area contributed by atoms with E-state index in [1.54, 1.807) is 0 Å². The van der Waals surface area contributed by atoms with Gasteiger partial charge in [0.05, 0.1) is 19.6 Å². The summed E-state index contributed by atoms with van der Waals surface area (Å²) in [6.07, 6.45) is 11.1. The topological polar surface area (TPSA) is 35.5 Å². The quantitative estimate of drug-likeness (QED) is 0.118. The Bertz CT molecular complexity index is 1220. The number of ether oxygens (including phenoxy) is 1. The molecule has 41 heavy (non-hydrogen) atoms. The third-order valence-electron chi connectivity index (χ3n) is 6.79. The van der Waals surface area contributed by atoms with Gasteiger partial charge < -0.3 is 9.16 Å². The highest BCUT2D eigenvalue weighted by Crippen LogP contribution is 2.38. The molecule has 0 aliphatic rings. The van der Waals surface area contributed by atoms with Crippen LogP contribution in [0.3, 0.4) is 0 Å². The van der Waals surface area contributed by atoms with Crippen LogP contribution in [0.5, 0.6) is 0 Å². The number of carbonyl (C=O) groups excluding carboxylic acids is 1. The highest BCUT2D eigenvalue weighted by molar-refractivity contribution is 6.99. The first-order valence-electron chi connectivity index (χ1n) is 14.8. The third-order valence-corrected chi connectivity index (χ3v) is 11.8. The zero-order valence-electron chi connectivity index (χ0n) is 25.6. The average molecular weight is 567 g/mol. The van der Waals surface area contributed by atoms with Crippen molar-refractivity contribution in [2.75, 3.05) is 7.11 Å². The first-order chi connectivity index (χ1) is 19.8. The lowest BCUT2D eigenvalue weighted by Crippen LogP contribution is -2.67. The van der Waals surface area contributed by atoms with Crippen LogP contribution in [-0.2, 0) is 14.0 Å². The predicted molar refractivity (Wildman–Crippen MR) is 174 cm³/mol. The largest absolute Gasteiger partial charge is 0.469 e. The molecule has 0 N–H and O–H groups in total. The number of rotatable bonds is 12. The van der Waals surface area contributed by atoms with E-state index >= 15 is 0 Å². The fraction of sp³-hybridized carbons (Fsp3) is 0.432. The van der Waals surface area contributed by atoms with Gasteiger partial charge in [-0.2, -0.15) is 0 Å². The highest BCUT2D eigenvalue weighted by Gasteiger charge is 2.51. The zero-order valence-corrected chi connectivity index (χ0v) is 26.6. The number of hydrogen-bond donors (Lipinski definition) is 0. The van der Waals surface area contributed by atoms with Gasteiger partial charge in [0.15, 0.2) is 0 Å². The van der Waals surface area contributed by atoms with E-state index in [1.165, 1.54) is 30.3 Å². The summed E-state index contributed by atoms with van der Waals surface area (Å²) in [5.74, 6) is 19.0. The number of unbranched alkanes of at least 4 members (excludes halogenated alkanes) is 4. The second-order valence-corrected chi connectivity index (χ2v) is 15.2. The van der Waals surface area contributed by atoms with E-state index in [2.05, 4.69) is 135 Å². The molecule has 0 saturated heterocycles. The summed E-state index contributed by atoms with van der Waals surface area (Å²) in [6.45, 7) is 9.09. The maximum atomic E-state index is 11.2. The molecule has 4 heteroatoms. The van der Waals surface area contributed by atoms with E-state index in [0.29, 0.717) is 32.1 Å². The van der Waals surface area contributed by atoms with E-state index in [-0.39, 0.29) is 17.1 Å². The minimum absolute atomic E-state index is 0.120. The molecule has 1 atom stereocenters. The van der Waals surface area contributed by atoms with Crippen molar-refractivity contribution in [2.45, 2.75) is 96.6 Å². The van der Waals surface area contributed by atoms with Gasteiger partial charge in [-0.25, -0.2) is 0 Å². The Kier molecular flexibility index (Phi) is 15.4. The Balaban J connectivity index is 2.30. The number of carbonyl (C=O) groups is 1. The fourth-order valence-electron chi connectivity index (χ4n) is 4.68. The van der Waals surface area contributed by atoms with Crippen molar-refractivity contribution < 1.29 is 14.0 Å². The first-order valence-corrected chi connectivity index (χ1v) is 16.7. The molecular formula is C37H46O3Si. The van der Waals surface area contributed by atoms with Crippen molar-refractivity contribution in [1.29, 1.82) is 0 Å². The summed E-state index contributed by atoms with van der Waals surface area (Å²) < 4.78 is 12.0. The minimum atomic E-state index is -2.72. The van der Waals surface area contributed by atoms with Gasteiger partial charge in [-0.15, -0.1) is 17.8 Å². The average Bonchev–Trinajstić information content (AvgIpc) is 2.98. The summed E-state index contributed by atoms with van der Waals surface area (Å²) in [5, 5.41) is 2.38. The second-order valence-electron chi connectivity index (χ2n) is 11.0. The molecular weight excluding hydrogens is 520 g/mol. The van der Waals surface area contributed by atoms with E-state index in [0.717, 1.165) is 12.8 Å². The molecule has 2 aromatic carbocycles. The van der Waals surface area contributed by atoms with Crippen LogP contribution >= 0.6 is 0 Å². The minimum Gasteiger partial charge on any atom is -0.469 e. The molecule has 0 saturated carbocycles. The lowest BCUT2D eigenvalue weighted by Gasteiger charge is -2.44. The third kappa shape index (κ3) is 11.5. The lowest BCUT2D eigenvalue weighted by molar-refractivity contribution is -0.140. The van der Waals surface area contributed by atoms with Crippen molar-refractivity contribution in [3.63, 3.8) is 0 Å². The van der Waals surface area contributed by atoms with Crippen LogP contribution in [-0.4, -0.2) is 27.5 Å². The number of methoxy groups -OCH3 is 1. The summed E-state index contributed by atoms with van der Waals surface area (Å²) in [6, 6.07) is 21.4. The summed E-state index contributed by atoms with van der Waals surface area (Å²) >= 11 is 0. The van der Waals surface area contributed by atoms with Crippen molar-refractivity contribution >= 4 is 24.7 Å². The first kappa shape index (κ1) is 33.7. The normalized spacial score (nSPS) is 11.8. The van der Waals surface area contributed by atoms with Gasteiger partial charge >= 0.3 is 5.97 Å². The smallest absolute Gasteiger partial charge is 0.305 e. The zero-order chi connectivity index (χ0) is 29.8. The molecule has 2 aromatic rings. The summed E-state index contributed by atoms with van der Waals surface area (Å²) in [7, 11) is -1.32. The molecule has 2 rings (SSSR count). The Morgan fingerprint density at radius 2 is 1.46 bits per heavy atom. The molecule has 0 radical (unpaired) electrons. The molecule has 0 heterocycles. The highest BCUT2D eigenvalue weighted by atomic mass is 28.4. The summed E-state index contributed by atoms with van der Waals surface area (Å²) in [4.78, 5) is 11.2. The van der Waals surface area contributed by atoms with Crippen molar-refractivity contribution in [1.82, 2.24) is 0 Å². The molecule has 0 aliphatic carbocycles. The van der Waals surface area contributed by atoms with E-state index < -0.39 is 8.32 Å². The van der Waals surface area contributed by atoms with Gasteiger partial charge in [-0.1, -0.05) is 119 Å². The Morgan fingerprint density at radius 1 is 0.854 bits per heavy atom. The van der Waals surface area contributed by atoms with Crippen molar-refractivity contribution in [3.8, 4) is 35.5 Å². The standard InChI is InChI=1S/C37H46O3Si/c1-6-7-8-9-14-19-26-33(27-20-15-12-10-11-13-16-25-32-36(38)39-5)40-41(37(2,3)4,34-28-21-17-22-29-34)35-30-23-18-24-31-35/h17-18,20-24,27-31,33H,6-10,16,25-26,32H2,1-5H3/b27-20+/t33-/m0/s1. The van der Waals surface area contributed by atoms with Gasteiger partial charge in [-0.05, 0) is 40.4 Å². The van der Waals surface area contributed by atoms with E-state index in [1.807, 2.05) is 6.08 Å². The van der Waals surface area contributed by atoms with Crippen LogP contribution in [0.2, 0.25) is 5.04 Å². The summed E-state index contributed by atoms with van der Waals surface area (Å²) in [5.41, 5.74) is 0. The second kappa shape index (κ2) is 18.8. The SMILES string of the molecule is CCCCCC#CC[C@@H](/C=C/C#CCC#CCCCC(=O)OC)O[Si](c1ccccc1)(c1ccccc1)C(C)(C)C.